The zero-order chi connectivity index (χ0) is 12.5. The summed E-state index contributed by atoms with van der Waals surface area (Å²) in [6.45, 7) is 3.34. The van der Waals surface area contributed by atoms with Gasteiger partial charge in [0.15, 0.2) is 0 Å². The van der Waals surface area contributed by atoms with Crippen LogP contribution >= 0.6 is 27.3 Å². The normalized spacial score (nSPS) is 20.3. The number of halogens is 1. The zero-order valence-electron chi connectivity index (χ0n) is 10.8. The quantitative estimate of drug-likeness (QED) is 0.892. The molecule has 0 aromatic carbocycles. The van der Waals surface area contributed by atoms with Gasteiger partial charge in [-0.15, -0.1) is 11.3 Å². The summed E-state index contributed by atoms with van der Waals surface area (Å²) in [5.74, 6) is 0. The van der Waals surface area contributed by atoms with Crippen molar-refractivity contribution in [2.24, 2.45) is 0 Å². The number of likely N-dealkylation sites (N-methyl/N-ethyl adjacent to an activating group) is 1. The number of hydrogen-bond donors (Lipinski definition) is 1. The Morgan fingerprint density at radius 3 is 2.65 bits per heavy atom. The lowest BCUT2D eigenvalue weighted by atomic mass is 9.75. The third-order valence-corrected chi connectivity index (χ3v) is 5.86. The van der Waals surface area contributed by atoms with Crippen LogP contribution in [0.1, 0.15) is 37.1 Å². The number of rotatable bonds is 5. The van der Waals surface area contributed by atoms with E-state index in [-0.39, 0.29) is 0 Å². The van der Waals surface area contributed by atoms with Crippen LogP contribution in [-0.4, -0.2) is 31.1 Å². The van der Waals surface area contributed by atoms with Crippen LogP contribution in [-0.2, 0) is 0 Å². The molecule has 17 heavy (non-hydrogen) atoms. The van der Waals surface area contributed by atoms with Crippen molar-refractivity contribution in [3.05, 3.63) is 20.8 Å². The zero-order valence-corrected chi connectivity index (χ0v) is 13.2. The summed E-state index contributed by atoms with van der Waals surface area (Å²) >= 11 is 5.33. The molecule has 1 aromatic heterocycles. The van der Waals surface area contributed by atoms with Gasteiger partial charge in [0.25, 0.3) is 0 Å². The van der Waals surface area contributed by atoms with E-state index in [4.69, 9.17) is 0 Å². The maximum Gasteiger partial charge on any atom is 0.0387 e. The Morgan fingerprint density at radius 2 is 2.24 bits per heavy atom. The minimum Gasteiger partial charge on any atom is -0.308 e. The van der Waals surface area contributed by atoms with Gasteiger partial charge in [0.2, 0.25) is 0 Å². The lowest BCUT2D eigenvalue weighted by Gasteiger charge is -2.48. The van der Waals surface area contributed by atoms with Gasteiger partial charge in [0.05, 0.1) is 0 Å². The second-order valence-corrected chi connectivity index (χ2v) is 7.10. The highest BCUT2D eigenvalue weighted by Crippen LogP contribution is 2.36. The van der Waals surface area contributed by atoms with Crippen molar-refractivity contribution in [2.75, 3.05) is 20.6 Å². The van der Waals surface area contributed by atoms with Crippen LogP contribution in [0, 0.1) is 0 Å². The fraction of sp³-hybridized carbons (Fsp3) is 0.692. The molecule has 1 atom stereocenters. The number of thiophene rings is 1. The first kappa shape index (κ1) is 13.5. The van der Waals surface area contributed by atoms with Crippen LogP contribution < -0.4 is 5.32 Å². The van der Waals surface area contributed by atoms with Crippen molar-refractivity contribution >= 4 is 27.3 Å². The first-order valence-corrected chi connectivity index (χ1v) is 7.85. The fourth-order valence-electron chi connectivity index (χ4n) is 2.37. The molecule has 96 valence electrons. The first-order chi connectivity index (χ1) is 8.03. The van der Waals surface area contributed by atoms with Crippen LogP contribution in [0.4, 0.5) is 0 Å². The first-order valence-electron chi connectivity index (χ1n) is 6.18. The monoisotopic (exact) mass is 316 g/mol. The molecule has 1 aliphatic carbocycles. The van der Waals surface area contributed by atoms with E-state index in [1.165, 1.54) is 28.6 Å². The lowest BCUT2D eigenvalue weighted by Crippen LogP contribution is -2.56. The summed E-state index contributed by atoms with van der Waals surface area (Å²) in [7, 11) is 4.40. The Balaban J connectivity index is 1.89. The van der Waals surface area contributed by atoms with Crippen LogP contribution in [0.2, 0.25) is 0 Å². The predicted molar refractivity (Wildman–Crippen MR) is 78.7 cm³/mol. The second kappa shape index (κ2) is 5.39. The fourth-order valence-corrected chi connectivity index (χ4v) is 3.84. The van der Waals surface area contributed by atoms with Gasteiger partial charge in [-0.1, -0.05) is 0 Å². The highest BCUT2D eigenvalue weighted by Gasteiger charge is 2.38. The molecule has 2 rings (SSSR count). The highest BCUT2D eigenvalue weighted by atomic mass is 79.9. The summed E-state index contributed by atoms with van der Waals surface area (Å²) in [6, 6.07) is 2.66. The molecule has 1 unspecified atom stereocenters. The molecule has 1 N–H and O–H groups in total. The summed E-state index contributed by atoms with van der Waals surface area (Å²) in [4.78, 5) is 3.80. The Bertz CT molecular complexity index is 371. The van der Waals surface area contributed by atoms with Crippen molar-refractivity contribution < 1.29 is 0 Å². The second-order valence-electron chi connectivity index (χ2n) is 5.24. The SMILES string of the molecule is CC(NCC1(N(C)C)CCC1)c1cc(Br)cs1. The van der Waals surface area contributed by atoms with E-state index in [1.807, 2.05) is 11.3 Å². The number of hydrogen-bond acceptors (Lipinski definition) is 3. The van der Waals surface area contributed by atoms with Gasteiger partial charge in [-0.25, -0.2) is 0 Å². The molecular weight excluding hydrogens is 296 g/mol. The van der Waals surface area contributed by atoms with Gasteiger partial charge >= 0.3 is 0 Å². The van der Waals surface area contributed by atoms with E-state index in [0.717, 1.165) is 6.54 Å². The maximum absolute atomic E-state index is 3.68. The Hall–Kier alpha value is 0.1000. The summed E-state index contributed by atoms with van der Waals surface area (Å²) in [5.41, 5.74) is 0.406. The molecular formula is C13H21BrN2S. The Labute approximate surface area is 117 Å². The van der Waals surface area contributed by atoms with Crippen molar-refractivity contribution in [3.8, 4) is 0 Å². The third kappa shape index (κ3) is 2.92. The van der Waals surface area contributed by atoms with Crippen LogP contribution in [0.3, 0.4) is 0 Å². The molecule has 0 aliphatic heterocycles. The maximum atomic E-state index is 3.68. The van der Waals surface area contributed by atoms with Crippen LogP contribution in [0.25, 0.3) is 0 Å². The largest absolute Gasteiger partial charge is 0.308 e. The van der Waals surface area contributed by atoms with Crippen molar-refractivity contribution in [2.45, 2.75) is 37.8 Å². The average molecular weight is 317 g/mol. The molecule has 0 radical (unpaired) electrons. The van der Waals surface area contributed by atoms with Gasteiger partial charge in [0, 0.05) is 32.9 Å². The number of nitrogens with one attached hydrogen (secondary N) is 1. The molecule has 0 saturated heterocycles. The van der Waals surface area contributed by atoms with E-state index in [0.29, 0.717) is 11.6 Å². The van der Waals surface area contributed by atoms with Gasteiger partial charge in [0.1, 0.15) is 0 Å². The van der Waals surface area contributed by atoms with Crippen LogP contribution in [0.15, 0.2) is 15.9 Å². The highest BCUT2D eigenvalue weighted by molar-refractivity contribution is 9.10. The van der Waals surface area contributed by atoms with Gasteiger partial charge in [-0.2, -0.15) is 0 Å². The minimum atomic E-state index is 0.406. The molecule has 0 spiro atoms. The van der Waals surface area contributed by atoms with Gasteiger partial charge in [-0.3, -0.25) is 0 Å². The van der Waals surface area contributed by atoms with E-state index < -0.39 is 0 Å². The standard InChI is InChI=1S/C13H21BrN2S/c1-10(12-7-11(14)8-17-12)15-9-13(16(2)3)5-4-6-13/h7-8,10,15H,4-6,9H2,1-3H3. The number of nitrogens with zero attached hydrogens (tertiary/aromatic N) is 1. The summed E-state index contributed by atoms with van der Waals surface area (Å²) < 4.78 is 1.19. The van der Waals surface area contributed by atoms with E-state index in [9.17, 15) is 0 Å². The van der Waals surface area contributed by atoms with Crippen LogP contribution in [0.5, 0.6) is 0 Å². The van der Waals surface area contributed by atoms with Crippen molar-refractivity contribution in [1.29, 1.82) is 0 Å². The lowest BCUT2D eigenvalue weighted by molar-refractivity contribution is 0.0577. The van der Waals surface area contributed by atoms with E-state index >= 15 is 0 Å². The van der Waals surface area contributed by atoms with E-state index in [2.05, 4.69) is 58.6 Å². The summed E-state index contributed by atoms with van der Waals surface area (Å²) in [6.07, 6.45) is 4.03. The minimum absolute atomic E-state index is 0.406. The van der Waals surface area contributed by atoms with Crippen molar-refractivity contribution in [3.63, 3.8) is 0 Å². The molecule has 1 aromatic rings. The summed E-state index contributed by atoms with van der Waals surface area (Å²) in [5, 5.41) is 5.84. The molecule has 1 aliphatic rings. The third-order valence-electron chi connectivity index (χ3n) is 3.98. The molecule has 1 fully saturated rings. The molecule has 0 bridgehead atoms. The van der Waals surface area contributed by atoms with Crippen molar-refractivity contribution in [1.82, 2.24) is 10.2 Å². The smallest absolute Gasteiger partial charge is 0.0387 e. The topological polar surface area (TPSA) is 15.3 Å². The Kier molecular flexibility index (Phi) is 4.29. The molecule has 2 nitrogen and oxygen atoms in total. The van der Waals surface area contributed by atoms with E-state index in [1.54, 1.807) is 0 Å². The van der Waals surface area contributed by atoms with Gasteiger partial charge < -0.3 is 10.2 Å². The van der Waals surface area contributed by atoms with Gasteiger partial charge in [-0.05, 0) is 62.3 Å². The molecule has 1 saturated carbocycles. The Morgan fingerprint density at radius 1 is 1.53 bits per heavy atom. The molecule has 1 heterocycles. The predicted octanol–water partition coefficient (Wildman–Crippen LogP) is 3.65. The molecule has 0 amide bonds. The molecule has 4 heteroatoms. The average Bonchev–Trinajstić information content (AvgIpc) is 2.62.